The zero-order chi connectivity index (χ0) is 8.58. The first kappa shape index (κ1) is 10.8. The predicted octanol–water partition coefficient (Wildman–Crippen LogP) is 2.61. The Labute approximate surface area is 80.8 Å². The van der Waals surface area contributed by atoms with E-state index in [9.17, 15) is 22.4 Å². The fraction of sp³-hybridized carbons (Fsp3) is 0.667. The summed E-state index contributed by atoms with van der Waals surface area (Å²) in [6.07, 6.45) is -5.12. The van der Waals surface area contributed by atoms with E-state index in [1.807, 2.05) is 0 Å². The summed E-state index contributed by atoms with van der Waals surface area (Å²) in [6.45, 7) is 0. The maximum absolute atomic E-state index is 12.2. The van der Waals surface area contributed by atoms with E-state index in [1.54, 1.807) is 0 Å². The summed E-state index contributed by atoms with van der Waals surface area (Å²) in [7, 11) is 0. The summed E-state index contributed by atoms with van der Waals surface area (Å²) in [6, 6.07) is 0. The molecule has 0 heterocycles. The second-order valence-electron chi connectivity index (χ2n) is 1.35. The normalized spacial score (nSPS) is 18.2. The van der Waals surface area contributed by atoms with Crippen LogP contribution in [0.5, 0.6) is 0 Å². The topological polar surface area (TPSA) is 17.1 Å². The Balaban J connectivity index is 4.57. The van der Waals surface area contributed by atoms with E-state index in [2.05, 4.69) is 0 Å². The quantitative estimate of drug-likeness (QED) is 0.295. The molecule has 0 fully saturated rings. The van der Waals surface area contributed by atoms with Crippen molar-refractivity contribution in [1.82, 2.24) is 0 Å². The van der Waals surface area contributed by atoms with Gasteiger partial charge in [-0.15, -0.1) is 0 Å². The Morgan fingerprint density at radius 2 is 1.50 bits per heavy atom. The highest BCUT2D eigenvalue weighted by atomic mass is 127. The highest BCUT2D eigenvalue weighted by Gasteiger charge is 2.59. The van der Waals surface area contributed by atoms with Crippen LogP contribution in [0.2, 0.25) is 0 Å². The van der Waals surface area contributed by atoms with Crippen LogP contribution >= 0.6 is 45.2 Å². The summed E-state index contributed by atoms with van der Waals surface area (Å²) >= 11 is 1.19. The predicted molar refractivity (Wildman–Crippen MR) is 42.9 cm³/mol. The van der Waals surface area contributed by atoms with Crippen LogP contribution in [0.25, 0.3) is 0 Å². The fourth-order valence-electron chi connectivity index (χ4n) is 0.111. The minimum atomic E-state index is -5.12. The molecule has 60 valence electrons. The van der Waals surface area contributed by atoms with Gasteiger partial charge in [-0.3, -0.25) is 4.79 Å². The number of carbonyl (C=O) groups excluding carboxylic acids is 1. The Morgan fingerprint density at radius 1 is 1.20 bits per heavy atom. The lowest BCUT2D eigenvalue weighted by Gasteiger charge is -2.16. The fourth-order valence-corrected chi connectivity index (χ4v) is 0.417. The first-order chi connectivity index (χ1) is 4.19. The van der Waals surface area contributed by atoms with E-state index >= 15 is 0 Å². The molecule has 0 bridgehead atoms. The van der Waals surface area contributed by atoms with Gasteiger partial charge in [-0.2, -0.15) is 13.2 Å². The molecule has 0 saturated carbocycles. The van der Waals surface area contributed by atoms with E-state index in [-0.39, 0.29) is 0 Å². The number of hydrogen-bond acceptors (Lipinski definition) is 1. The van der Waals surface area contributed by atoms with Crippen LogP contribution in [0.15, 0.2) is 0 Å². The largest absolute Gasteiger partial charge is 0.440 e. The van der Waals surface area contributed by atoms with Crippen LogP contribution in [0.3, 0.4) is 0 Å². The van der Waals surface area contributed by atoms with Gasteiger partial charge in [0.05, 0.1) is 0 Å². The van der Waals surface area contributed by atoms with Crippen molar-refractivity contribution in [3.8, 4) is 0 Å². The molecule has 0 amide bonds. The van der Waals surface area contributed by atoms with Crippen LogP contribution in [0.1, 0.15) is 0 Å². The summed E-state index contributed by atoms with van der Waals surface area (Å²) in [5.74, 6) is 0. The minimum Gasteiger partial charge on any atom is -0.283 e. The average Bonchev–Trinajstić information content (AvgIpc) is 1.62. The molecule has 0 aromatic heterocycles. The summed E-state index contributed by atoms with van der Waals surface area (Å²) in [5, 5.41) is 0. The lowest BCUT2D eigenvalue weighted by Crippen LogP contribution is -2.39. The first-order valence-electron chi connectivity index (χ1n) is 1.84. The van der Waals surface area contributed by atoms with Crippen molar-refractivity contribution in [2.75, 3.05) is 0 Å². The monoisotopic (exact) mass is 382 g/mol. The average molecular weight is 382 g/mol. The Bertz CT molecular complexity index is 151. The molecular weight excluding hydrogens is 382 g/mol. The first-order valence-corrected chi connectivity index (χ1v) is 4.00. The van der Waals surface area contributed by atoms with Gasteiger partial charge in [-0.25, -0.2) is 4.39 Å². The van der Waals surface area contributed by atoms with Crippen molar-refractivity contribution in [2.24, 2.45) is 0 Å². The molecule has 0 spiro atoms. The van der Waals surface area contributed by atoms with Crippen molar-refractivity contribution >= 4 is 49.0 Å². The van der Waals surface area contributed by atoms with Gasteiger partial charge in [0.15, 0.2) is 0 Å². The van der Waals surface area contributed by atoms with Crippen LogP contribution in [-0.4, -0.2) is 13.6 Å². The Morgan fingerprint density at radius 3 is 1.50 bits per heavy atom. The van der Waals surface area contributed by atoms with Crippen molar-refractivity contribution < 1.29 is 22.4 Å². The molecule has 0 aliphatic carbocycles. The van der Waals surface area contributed by atoms with Gasteiger partial charge >= 0.3 is 9.85 Å². The van der Waals surface area contributed by atoms with E-state index in [4.69, 9.17) is 0 Å². The summed E-state index contributed by atoms with van der Waals surface area (Å²) in [5.41, 5.74) is 0. The van der Waals surface area contributed by atoms with Crippen LogP contribution in [0.4, 0.5) is 17.6 Å². The number of alkyl halides is 5. The summed E-state index contributed by atoms with van der Waals surface area (Å²) < 4.78 is 41.3. The molecule has 0 rings (SSSR count). The highest BCUT2D eigenvalue weighted by Crippen LogP contribution is 2.41. The third kappa shape index (κ3) is 2.17. The number of hydrogen-bond donors (Lipinski definition) is 0. The van der Waals surface area contributed by atoms with Crippen LogP contribution in [0, 0.1) is 0 Å². The number of rotatable bonds is 1. The highest BCUT2D eigenvalue weighted by molar-refractivity contribution is 14.1. The van der Waals surface area contributed by atoms with Crippen molar-refractivity contribution in [2.45, 2.75) is 9.85 Å². The number of halogens is 6. The van der Waals surface area contributed by atoms with E-state index < -0.39 is 13.6 Å². The maximum Gasteiger partial charge on any atom is 0.440 e. The maximum atomic E-state index is 12.2. The molecule has 10 heavy (non-hydrogen) atoms. The van der Waals surface area contributed by atoms with E-state index in [0.29, 0.717) is 22.6 Å². The number of carbonyl (C=O) groups is 1. The molecule has 0 radical (unpaired) electrons. The van der Waals surface area contributed by atoms with Gasteiger partial charge in [-0.1, -0.05) is 0 Å². The van der Waals surface area contributed by atoms with Crippen molar-refractivity contribution in [3.05, 3.63) is 0 Å². The minimum absolute atomic E-state index is 0.424. The third-order valence-electron chi connectivity index (χ3n) is 0.603. The zero-order valence-electron chi connectivity index (χ0n) is 4.18. The van der Waals surface area contributed by atoms with E-state index in [0.717, 1.165) is 22.6 Å². The molecule has 0 N–H and O–H groups in total. The second kappa shape index (κ2) is 3.07. The Kier molecular flexibility index (Phi) is 3.33. The summed E-state index contributed by atoms with van der Waals surface area (Å²) in [4.78, 5) is 10.00. The molecular formula is C3F4I2O. The van der Waals surface area contributed by atoms with Crippen molar-refractivity contribution in [1.29, 1.82) is 0 Å². The molecule has 0 aromatic rings. The molecule has 1 atom stereocenters. The second-order valence-corrected chi connectivity index (χ2v) is 3.81. The lowest BCUT2D eigenvalue weighted by atomic mass is 10.4. The smallest absolute Gasteiger partial charge is 0.283 e. The molecule has 0 saturated heterocycles. The van der Waals surface area contributed by atoms with Gasteiger partial charge in [0.25, 0.3) is 0 Å². The van der Waals surface area contributed by atoms with Gasteiger partial charge in [0.1, 0.15) is 0 Å². The van der Waals surface area contributed by atoms with Gasteiger partial charge < -0.3 is 0 Å². The molecule has 1 unspecified atom stereocenters. The Hall–Kier alpha value is 0.850. The van der Waals surface area contributed by atoms with Crippen LogP contribution in [-0.2, 0) is 4.79 Å². The molecule has 0 aliphatic rings. The van der Waals surface area contributed by atoms with Gasteiger partial charge in [0, 0.05) is 22.6 Å². The lowest BCUT2D eigenvalue weighted by molar-refractivity contribution is -0.185. The van der Waals surface area contributed by atoms with E-state index in [1.165, 1.54) is 0 Å². The molecule has 0 aromatic carbocycles. The van der Waals surface area contributed by atoms with Crippen LogP contribution < -0.4 is 0 Å². The molecule has 1 nitrogen and oxygen atoms in total. The van der Waals surface area contributed by atoms with Crippen molar-refractivity contribution in [3.63, 3.8) is 0 Å². The standard InChI is InChI=1S/C3F4I2O/c4-2(9,1(8)10)3(5,6)7. The zero-order valence-corrected chi connectivity index (χ0v) is 8.49. The van der Waals surface area contributed by atoms with Gasteiger partial charge in [-0.05, 0) is 22.6 Å². The molecule has 0 aliphatic heterocycles. The van der Waals surface area contributed by atoms with Gasteiger partial charge in [0.2, 0.25) is 3.79 Å². The molecule has 7 heteroatoms. The SMILES string of the molecule is O=C(I)C(F)(I)C(F)(F)F. The third-order valence-corrected chi connectivity index (χ3v) is 3.48.